The van der Waals surface area contributed by atoms with Gasteiger partial charge in [0.1, 0.15) is 11.6 Å². The highest BCUT2D eigenvalue weighted by Crippen LogP contribution is 2.42. The fourth-order valence-corrected chi connectivity index (χ4v) is 4.03. The molecule has 1 atom stereocenters. The molecule has 0 amide bonds. The third-order valence-corrected chi connectivity index (χ3v) is 5.38. The predicted molar refractivity (Wildman–Crippen MR) is 105 cm³/mol. The maximum absolute atomic E-state index is 13.8. The molecule has 144 valence electrons. The van der Waals surface area contributed by atoms with Gasteiger partial charge in [0, 0.05) is 29.5 Å². The molecule has 4 aromatic rings. The number of hydrogen-bond donors (Lipinski definition) is 1. The van der Waals surface area contributed by atoms with Crippen LogP contribution in [0.2, 0.25) is 0 Å². The minimum Gasteiger partial charge on any atom is -0.425 e. The molecule has 0 saturated carbocycles. The van der Waals surface area contributed by atoms with E-state index in [2.05, 4.69) is 10.2 Å². The number of ether oxygens (including phenoxy) is 1. The molecule has 1 aliphatic rings. The number of aromatic amines is 1. The first kappa shape index (κ1) is 17.4. The molecule has 0 spiro atoms. The van der Waals surface area contributed by atoms with Gasteiger partial charge in [0.2, 0.25) is 0 Å². The summed E-state index contributed by atoms with van der Waals surface area (Å²) in [5.41, 5.74) is 2.68. The van der Waals surface area contributed by atoms with Crippen molar-refractivity contribution >= 4 is 16.9 Å². The molecule has 0 fully saturated rings. The molecule has 6 nitrogen and oxygen atoms in total. The van der Waals surface area contributed by atoms with E-state index in [0.717, 1.165) is 0 Å². The van der Waals surface area contributed by atoms with Crippen molar-refractivity contribution in [3.8, 4) is 17.0 Å². The van der Waals surface area contributed by atoms with Crippen LogP contribution in [0.4, 0.5) is 4.39 Å². The molecule has 2 aromatic carbocycles. The van der Waals surface area contributed by atoms with Gasteiger partial charge in [0.05, 0.1) is 29.4 Å². The van der Waals surface area contributed by atoms with Crippen molar-refractivity contribution in [2.45, 2.75) is 12.3 Å². The van der Waals surface area contributed by atoms with Crippen LogP contribution in [0.15, 0.2) is 59.5 Å². The Morgan fingerprint density at radius 2 is 2.00 bits per heavy atom. The average molecular weight is 389 g/mol. The fraction of sp³-hybridized carbons (Fsp3) is 0.136. The molecule has 1 N–H and O–H groups in total. The van der Waals surface area contributed by atoms with Gasteiger partial charge in [-0.25, -0.2) is 4.39 Å². The topological polar surface area (TPSA) is 77.0 Å². The normalized spacial score (nSPS) is 15.9. The number of pyridine rings is 1. The van der Waals surface area contributed by atoms with E-state index in [1.807, 2.05) is 24.3 Å². The summed E-state index contributed by atoms with van der Waals surface area (Å²) < 4.78 is 20.9. The van der Waals surface area contributed by atoms with Crippen LogP contribution in [0.25, 0.3) is 22.2 Å². The van der Waals surface area contributed by atoms with Gasteiger partial charge in [0.25, 0.3) is 5.56 Å². The van der Waals surface area contributed by atoms with Crippen LogP contribution >= 0.6 is 0 Å². The zero-order valence-electron chi connectivity index (χ0n) is 15.5. The molecule has 0 saturated heterocycles. The van der Waals surface area contributed by atoms with E-state index in [9.17, 15) is 14.0 Å². The minimum atomic E-state index is -0.549. The lowest BCUT2D eigenvalue weighted by molar-refractivity contribution is -0.135. The van der Waals surface area contributed by atoms with Gasteiger partial charge in [0.15, 0.2) is 0 Å². The lowest BCUT2D eigenvalue weighted by atomic mass is 9.85. The van der Waals surface area contributed by atoms with Crippen molar-refractivity contribution in [1.82, 2.24) is 14.8 Å². The van der Waals surface area contributed by atoms with Gasteiger partial charge in [-0.1, -0.05) is 24.3 Å². The number of hydrogen-bond acceptors (Lipinski definition) is 4. The maximum Gasteiger partial charge on any atom is 0.312 e. The molecule has 0 aliphatic carbocycles. The molecule has 0 unspecified atom stereocenters. The van der Waals surface area contributed by atoms with Crippen molar-refractivity contribution < 1.29 is 13.9 Å². The van der Waals surface area contributed by atoms with Gasteiger partial charge in [-0.3, -0.25) is 14.7 Å². The first-order valence-electron chi connectivity index (χ1n) is 9.16. The first-order chi connectivity index (χ1) is 14.0. The van der Waals surface area contributed by atoms with E-state index < -0.39 is 11.9 Å². The Kier molecular flexibility index (Phi) is 3.84. The van der Waals surface area contributed by atoms with E-state index in [4.69, 9.17) is 4.74 Å². The SMILES string of the molecule is Cn1c(=O)c2c(c3ccccc31)OC(=O)C[C@@H]2c1cn[nH]c1-c1cccc(F)c1. The number of benzene rings is 2. The zero-order chi connectivity index (χ0) is 20.1. The Hall–Kier alpha value is -3.74. The Balaban J connectivity index is 1.78. The highest BCUT2D eigenvalue weighted by atomic mass is 19.1. The number of aryl methyl sites for hydroxylation is 1. The molecule has 29 heavy (non-hydrogen) atoms. The third-order valence-electron chi connectivity index (χ3n) is 5.38. The van der Waals surface area contributed by atoms with Gasteiger partial charge in [-0.2, -0.15) is 5.10 Å². The second kappa shape index (κ2) is 6.41. The lowest BCUT2D eigenvalue weighted by Gasteiger charge is -2.26. The van der Waals surface area contributed by atoms with Crippen LogP contribution in [0, 0.1) is 5.82 Å². The summed E-state index contributed by atoms with van der Waals surface area (Å²) in [6, 6.07) is 13.4. The highest BCUT2D eigenvalue weighted by Gasteiger charge is 2.35. The number of halogens is 1. The van der Waals surface area contributed by atoms with E-state index >= 15 is 0 Å². The van der Waals surface area contributed by atoms with E-state index in [0.29, 0.717) is 33.3 Å². The van der Waals surface area contributed by atoms with E-state index in [1.165, 1.54) is 12.1 Å². The number of nitrogens with one attached hydrogen (secondary N) is 1. The Labute approximate surface area is 164 Å². The molecule has 3 heterocycles. The lowest BCUT2D eigenvalue weighted by Crippen LogP contribution is -2.31. The summed E-state index contributed by atoms with van der Waals surface area (Å²) in [5.74, 6) is -1.07. The Morgan fingerprint density at radius 3 is 2.83 bits per heavy atom. The number of nitrogens with zero attached hydrogens (tertiary/aromatic N) is 2. The maximum atomic E-state index is 13.8. The number of fused-ring (bicyclic) bond motifs is 3. The van der Waals surface area contributed by atoms with Crippen molar-refractivity contribution in [2.24, 2.45) is 7.05 Å². The highest BCUT2D eigenvalue weighted by molar-refractivity contribution is 5.92. The number of aromatic nitrogens is 3. The largest absolute Gasteiger partial charge is 0.425 e. The van der Waals surface area contributed by atoms with Gasteiger partial charge in [-0.15, -0.1) is 0 Å². The van der Waals surface area contributed by atoms with Crippen LogP contribution in [0.1, 0.15) is 23.5 Å². The molecular weight excluding hydrogens is 373 g/mol. The van der Waals surface area contributed by atoms with Crippen molar-refractivity contribution in [1.29, 1.82) is 0 Å². The van der Waals surface area contributed by atoms with Crippen LogP contribution in [0.3, 0.4) is 0 Å². The summed E-state index contributed by atoms with van der Waals surface area (Å²) >= 11 is 0. The number of rotatable bonds is 2. The van der Waals surface area contributed by atoms with Gasteiger partial charge >= 0.3 is 5.97 Å². The smallest absolute Gasteiger partial charge is 0.312 e. The van der Waals surface area contributed by atoms with Crippen LogP contribution < -0.4 is 10.3 Å². The Bertz CT molecular complexity index is 1340. The summed E-state index contributed by atoms with van der Waals surface area (Å²) in [6.07, 6.45) is 1.59. The standard InChI is InChI=1S/C22H16FN3O3/c1-26-17-8-3-2-7-14(17)21-19(22(26)28)15(10-18(27)29-21)16-11-24-25-20(16)12-5-4-6-13(23)9-12/h2-9,11,15H,10H2,1H3,(H,24,25)/t15-/m1/s1. The van der Waals surface area contributed by atoms with Gasteiger partial charge < -0.3 is 9.30 Å². The molecule has 1 aliphatic heterocycles. The van der Waals surface area contributed by atoms with Crippen molar-refractivity contribution in [2.75, 3.05) is 0 Å². The van der Waals surface area contributed by atoms with Crippen LogP contribution in [-0.2, 0) is 11.8 Å². The van der Waals surface area contributed by atoms with Crippen molar-refractivity contribution in [3.63, 3.8) is 0 Å². The summed E-state index contributed by atoms with van der Waals surface area (Å²) in [4.78, 5) is 25.7. The third kappa shape index (κ3) is 2.66. The molecule has 2 aromatic heterocycles. The second-order valence-electron chi connectivity index (χ2n) is 7.07. The number of carbonyl (C=O) groups excluding carboxylic acids is 1. The summed E-state index contributed by atoms with van der Waals surface area (Å²) in [7, 11) is 1.70. The number of esters is 1. The van der Waals surface area contributed by atoms with Crippen molar-refractivity contribution in [3.05, 3.63) is 82.0 Å². The fourth-order valence-electron chi connectivity index (χ4n) is 4.03. The number of carbonyl (C=O) groups is 1. The number of para-hydroxylation sites is 1. The second-order valence-corrected chi connectivity index (χ2v) is 7.07. The summed E-state index contributed by atoms with van der Waals surface area (Å²) in [6.45, 7) is 0. The molecule has 0 bridgehead atoms. The molecule has 0 radical (unpaired) electrons. The van der Waals surface area contributed by atoms with Gasteiger partial charge in [-0.05, 0) is 24.3 Å². The summed E-state index contributed by atoms with van der Waals surface area (Å²) in [5, 5.41) is 7.69. The average Bonchev–Trinajstić information content (AvgIpc) is 3.21. The quantitative estimate of drug-likeness (QED) is 0.532. The number of H-pyrrole nitrogens is 1. The predicted octanol–water partition coefficient (Wildman–Crippen LogP) is 3.51. The van der Waals surface area contributed by atoms with Crippen LogP contribution in [0.5, 0.6) is 5.75 Å². The first-order valence-corrected chi connectivity index (χ1v) is 9.16. The minimum absolute atomic E-state index is 0.00241. The molecule has 7 heteroatoms. The molecule has 5 rings (SSSR count). The van der Waals surface area contributed by atoms with E-state index in [1.54, 1.807) is 29.9 Å². The molecular formula is C22H16FN3O3. The van der Waals surface area contributed by atoms with E-state index in [-0.39, 0.29) is 23.5 Å². The van der Waals surface area contributed by atoms with Crippen LogP contribution in [-0.4, -0.2) is 20.7 Å². The zero-order valence-corrected chi connectivity index (χ0v) is 15.5. The monoisotopic (exact) mass is 389 g/mol. The Morgan fingerprint density at radius 1 is 1.17 bits per heavy atom.